The average Bonchev–Trinajstić information content (AvgIpc) is 2.86. The molecule has 19 heavy (non-hydrogen) atoms. The second kappa shape index (κ2) is 6.16. The number of hydrogen-bond acceptors (Lipinski definition) is 4. The Bertz CT molecular complexity index is 472. The van der Waals surface area contributed by atoms with Gasteiger partial charge in [0.1, 0.15) is 4.88 Å². The zero-order chi connectivity index (χ0) is 13.8. The largest absolute Gasteiger partial charge is 0.477 e. The van der Waals surface area contributed by atoms with Gasteiger partial charge < -0.3 is 5.11 Å². The summed E-state index contributed by atoms with van der Waals surface area (Å²) in [5.41, 5.74) is 0. The minimum absolute atomic E-state index is 0.170. The van der Waals surface area contributed by atoms with Gasteiger partial charge in [-0.05, 0) is 18.6 Å². The van der Waals surface area contributed by atoms with Crippen LogP contribution in [0.25, 0.3) is 0 Å². The first kappa shape index (κ1) is 14.0. The van der Waals surface area contributed by atoms with E-state index in [2.05, 4.69) is 5.01 Å². The van der Waals surface area contributed by atoms with Crippen molar-refractivity contribution < 1.29 is 14.7 Å². The summed E-state index contributed by atoms with van der Waals surface area (Å²) >= 11 is 1.28. The maximum absolute atomic E-state index is 11.9. The standard InChI is InChI=1S/C13H18N2O3S/c1-2-14-8-3-4-12(16)15(14)9-7-10-5-6-11(19-10)13(17)18/h5-6H,2-4,7-9H2,1H3,(H,17,18). The zero-order valence-corrected chi connectivity index (χ0v) is 11.8. The fourth-order valence-corrected chi connectivity index (χ4v) is 3.09. The van der Waals surface area contributed by atoms with Crippen molar-refractivity contribution in [2.45, 2.75) is 26.2 Å². The van der Waals surface area contributed by atoms with Crippen LogP contribution in [0.4, 0.5) is 0 Å². The monoisotopic (exact) mass is 282 g/mol. The van der Waals surface area contributed by atoms with Gasteiger partial charge in [-0.25, -0.2) is 9.80 Å². The second-order valence-corrected chi connectivity index (χ2v) is 5.66. The van der Waals surface area contributed by atoms with Crippen molar-refractivity contribution >= 4 is 23.2 Å². The zero-order valence-electron chi connectivity index (χ0n) is 11.0. The molecule has 0 radical (unpaired) electrons. The van der Waals surface area contributed by atoms with Crippen LogP contribution in [0.5, 0.6) is 0 Å². The lowest BCUT2D eigenvalue weighted by atomic mass is 10.2. The molecule has 6 heteroatoms. The maximum atomic E-state index is 11.9. The Kier molecular flexibility index (Phi) is 4.55. The number of carboxylic acids is 1. The van der Waals surface area contributed by atoms with E-state index < -0.39 is 5.97 Å². The van der Waals surface area contributed by atoms with Gasteiger partial charge in [-0.3, -0.25) is 9.80 Å². The summed E-state index contributed by atoms with van der Waals surface area (Å²) < 4.78 is 0. The fraction of sp³-hybridized carbons (Fsp3) is 0.538. The lowest BCUT2D eigenvalue weighted by Gasteiger charge is -2.37. The number of carboxylic acid groups (broad SMARTS) is 1. The third kappa shape index (κ3) is 3.33. The predicted molar refractivity (Wildman–Crippen MR) is 73.2 cm³/mol. The molecule has 0 spiro atoms. The van der Waals surface area contributed by atoms with Crippen LogP contribution in [-0.4, -0.2) is 46.6 Å². The van der Waals surface area contributed by atoms with Crippen LogP contribution in [-0.2, 0) is 11.2 Å². The summed E-state index contributed by atoms with van der Waals surface area (Å²) in [6, 6.07) is 3.46. The van der Waals surface area contributed by atoms with E-state index in [1.165, 1.54) is 11.3 Å². The Morgan fingerprint density at radius 1 is 1.47 bits per heavy atom. The molecule has 0 aromatic carbocycles. The minimum atomic E-state index is -0.888. The molecule has 2 rings (SSSR count). The summed E-state index contributed by atoms with van der Waals surface area (Å²) in [5.74, 6) is -0.719. The minimum Gasteiger partial charge on any atom is -0.477 e. The van der Waals surface area contributed by atoms with Crippen molar-refractivity contribution in [3.63, 3.8) is 0 Å². The third-order valence-corrected chi connectivity index (χ3v) is 4.38. The lowest BCUT2D eigenvalue weighted by Crippen LogP contribution is -2.51. The third-order valence-electron chi connectivity index (χ3n) is 3.24. The highest BCUT2D eigenvalue weighted by Crippen LogP contribution is 2.19. The Balaban J connectivity index is 1.95. The number of hydrazine groups is 1. The van der Waals surface area contributed by atoms with Crippen LogP contribution in [0.2, 0.25) is 0 Å². The van der Waals surface area contributed by atoms with Gasteiger partial charge in [0.2, 0.25) is 5.91 Å². The Morgan fingerprint density at radius 2 is 2.26 bits per heavy atom. The first-order valence-corrected chi connectivity index (χ1v) is 7.30. The highest BCUT2D eigenvalue weighted by molar-refractivity contribution is 7.13. The molecule has 1 aromatic rings. The van der Waals surface area contributed by atoms with Crippen LogP contribution in [0.1, 0.15) is 34.3 Å². The molecule has 1 N–H and O–H groups in total. The normalized spacial score (nSPS) is 16.9. The molecule has 2 heterocycles. The smallest absolute Gasteiger partial charge is 0.345 e. The van der Waals surface area contributed by atoms with Gasteiger partial charge in [-0.1, -0.05) is 6.92 Å². The van der Waals surface area contributed by atoms with Crippen LogP contribution in [0, 0.1) is 0 Å². The molecule has 1 amide bonds. The molecule has 0 atom stereocenters. The van der Waals surface area contributed by atoms with E-state index >= 15 is 0 Å². The Morgan fingerprint density at radius 3 is 2.89 bits per heavy atom. The number of aromatic carboxylic acids is 1. The molecule has 0 saturated carbocycles. The van der Waals surface area contributed by atoms with Gasteiger partial charge in [0.05, 0.1) is 0 Å². The van der Waals surface area contributed by atoms with E-state index in [1.807, 2.05) is 18.0 Å². The van der Waals surface area contributed by atoms with Crippen molar-refractivity contribution in [1.82, 2.24) is 10.0 Å². The molecule has 1 fully saturated rings. The number of nitrogens with zero attached hydrogens (tertiary/aromatic N) is 2. The summed E-state index contributed by atoms with van der Waals surface area (Å²) in [5, 5.41) is 12.8. The molecule has 1 saturated heterocycles. The first-order chi connectivity index (χ1) is 9.11. The summed E-state index contributed by atoms with van der Waals surface area (Å²) in [6.07, 6.45) is 2.24. The first-order valence-electron chi connectivity index (χ1n) is 6.49. The van der Waals surface area contributed by atoms with Crippen LogP contribution < -0.4 is 0 Å². The molecular formula is C13H18N2O3S. The number of carbonyl (C=O) groups is 2. The Labute approximate surface area is 116 Å². The summed E-state index contributed by atoms with van der Waals surface area (Å²) in [7, 11) is 0. The topological polar surface area (TPSA) is 60.9 Å². The van der Waals surface area contributed by atoms with E-state index in [0.717, 1.165) is 24.4 Å². The van der Waals surface area contributed by atoms with Crippen molar-refractivity contribution in [1.29, 1.82) is 0 Å². The van der Waals surface area contributed by atoms with Gasteiger partial charge in [-0.15, -0.1) is 11.3 Å². The number of thiophene rings is 1. The Hall–Kier alpha value is -1.40. The van der Waals surface area contributed by atoms with Gasteiger partial charge >= 0.3 is 5.97 Å². The molecule has 0 bridgehead atoms. The number of rotatable bonds is 5. The highest BCUT2D eigenvalue weighted by Gasteiger charge is 2.24. The molecule has 5 nitrogen and oxygen atoms in total. The second-order valence-electron chi connectivity index (χ2n) is 4.49. The van der Waals surface area contributed by atoms with Gasteiger partial charge in [0, 0.05) is 37.4 Å². The molecule has 0 aliphatic carbocycles. The number of hydrogen-bond donors (Lipinski definition) is 1. The van der Waals surface area contributed by atoms with E-state index in [1.54, 1.807) is 6.07 Å². The van der Waals surface area contributed by atoms with Crippen molar-refractivity contribution in [3.8, 4) is 0 Å². The summed E-state index contributed by atoms with van der Waals surface area (Å²) in [4.78, 5) is 24.1. The van der Waals surface area contributed by atoms with E-state index in [-0.39, 0.29) is 5.91 Å². The van der Waals surface area contributed by atoms with Crippen LogP contribution in [0.3, 0.4) is 0 Å². The van der Waals surface area contributed by atoms with Gasteiger partial charge in [-0.2, -0.15) is 0 Å². The average molecular weight is 282 g/mol. The van der Waals surface area contributed by atoms with Crippen LogP contribution in [0.15, 0.2) is 12.1 Å². The SMILES string of the molecule is CCN1CCCC(=O)N1CCc1ccc(C(=O)O)s1. The summed E-state index contributed by atoms with van der Waals surface area (Å²) in [6.45, 7) is 4.43. The quantitative estimate of drug-likeness (QED) is 0.895. The number of carbonyl (C=O) groups excluding carboxylic acids is 1. The molecule has 1 aromatic heterocycles. The van der Waals surface area contributed by atoms with Gasteiger partial charge in [0.25, 0.3) is 0 Å². The van der Waals surface area contributed by atoms with Crippen LogP contribution >= 0.6 is 11.3 Å². The fourth-order valence-electron chi connectivity index (χ4n) is 2.26. The maximum Gasteiger partial charge on any atom is 0.345 e. The van der Waals surface area contributed by atoms with Crippen molar-refractivity contribution in [3.05, 3.63) is 21.9 Å². The lowest BCUT2D eigenvalue weighted by molar-refractivity contribution is -0.154. The van der Waals surface area contributed by atoms with E-state index in [9.17, 15) is 9.59 Å². The highest BCUT2D eigenvalue weighted by atomic mass is 32.1. The van der Waals surface area contributed by atoms with Crippen molar-refractivity contribution in [2.24, 2.45) is 0 Å². The molecule has 0 unspecified atom stereocenters. The molecular weight excluding hydrogens is 264 g/mol. The predicted octanol–water partition coefficient (Wildman–Crippen LogP) is 1.85. The van der Waals surface area contributed by atoms with Crippen molar-refractivity contribution in [2.75, 3.05) is 19.6 Å². The molecule has 1 aliphatic heterocycles. The van der Waals surface area contributed by atoms with E-state index in [0.29, 0.717) is 24.3 Å². The molecule has 1 aliphatic rings. The van der Waals surface area contributed by atoms with Gasteiger partial charge in [0.15, 0.2) is 0 Å². The number of amides is 1. The molecule has 104 valence electrons. The van der Waals surface area contributed by atoms with E-state index in [4.69, 9.17) is 5.11 Å².